The van der Waals surface area contributed by atoms with E-state index in [2.05, 4.69) is 15.5 Å². The van der Waals surface area contributed by atoms with Crippen LogP contribution in [0.3, 0.4) is 0 Å². The molecule has 0 bridgehead atoms. The Hall–Kier alpha value is -4.38. The molecule has 43 heavy (non-hydrogen) atoms. The number of carbonyl (C=O) groups is 1. The van der Waals surface area contributed by atoms with Crippen LogP contribution < -0.4 is 44.4 Å². The van der Waals surface area contributed by atoms with E-state index in [1.54, 1.807) is 18.2 Å². The van der Waals surface area contributed by atoms with Crippen molar-refractivity contribution in [2.75, 3.05) is 12.4 Å². The zero-order valence-electron chi connectivity index (χ0n) is 21.7. The van der Waals surface area contributed by atoms with E-state index in [1.165, 1.54) is 12.1 Å². The number of hydrogen-bond acceptors (Lipinski definition) is 14. The van der Waals surface area contributed by atoms with Crippen molar-refractivity contribution < 1.29 is 79.7 Å². The van der Waals surface area contributed by atoms with Crippen LogP contribution in [0.4, 0.5) is 17.1 Å². The molecule has 19 nitrogen and oxygen atoms in total. The number of nitrogens with one attached hydrogen (secondary N) is 1. The molecule has 0 fully saturated rings. The zero-order valence-corrected chi connectivity index (χ0v) is 25.3. The number of nitro benzene ring substituents is 2. The van der Waals surface area contributed by atoms with Crippen molar-refractivity contribution in [1.29, 1.82) is 0 Å². The first-order valence-corrected chi connectivity index (χ1v) is 13.8. The number of anilines is 1. The van der Waals surface area contributed by atoms with Crippen LogP contribution in [-0.2, 0) is 20.2 Å². The van der Waals surface area contributed by atoms with Crippen molar-refractivity contribution in [2.24, 2.45) is 0 Å². The molecule has 0 saturated carbocycles. The average molecular weight is 644 g/mol. The third-order valence-electron chi connectivity index (χ3n) is 5.38. The second kappa shape index (κ2) is 12.5. The Labute approximate surface area is 262 Å². The third kappa shape index (κ3) is 6.99. The molecular weight excluding hydrogens is 629 g/mol. The number of tetrazole rings is 1. The summed E-state index contributed by atoms with van der Waals surface area (Å²) in [4.78, 5) is 32.1. The van der Waals surface area contributed by atoms with Crippen molar-refractivity contribution in [2.45, 2.75) is 9.79 Å². The Balaban J connectivity index is 0.00000506. The van der Waals surface area contributed by atoms with Crippen LogP contribution in [0.15, 0.2) is 70.5 Å². The number of amides is 1. The summed E-state index contributed by atoms with van der Waals surface area (Å²) in [5.41, 5.74) is -2.93. The number of nitro groups is 2. The van der Waals surface area contributed by atoms with Gasteiger partial charge in [0.2, 0.25) is 5.69 Å². The second-order valence-electron chi connectivity index (χ2n) is 7.99. The Morgan fingerprint density at radius 3 is 2.02 bits per heavy atom. The molecule has 0 spiro atoms. The minimum Gasteiger partial charge on any atom is -0.744 e. The largest absolute Gasteiger partial charge is 1.00 e. The Kier molecular flexibility index (Phi) is 9.60. The van der Waals surface area contributed by atoms with E-state index in [1.807, 2.05) is 0 Å². The smallest absolute Gasteiger partial charge is 0.744 e. The summed E-state index contributed by atoms with van der Waals surface area (Å²) in [5, 5.41) is 33.2. The van der Waals surface area contributed by atoms with Gasteiger partial charge in [-0.3, -0.25) is 25.0 Å². The molecule has 0 unspecified atom stereocenters. The van der Waals surface area contributed by atoms with Crippen molar-refractivity contribution in [3.8, 4) is 17.1 Å². The summed E-state index contributed by atoms with van der Waals surface area (Å²) in [5.74, 6) is -2.11. The summed E-state index contributed by atoms with van der Waals surface area (Å²) in [6.07, 6.45) is 0. The molecular formula is C21H14N7NaO12S2. The summed E-state index contributed by atoms with van der Waals surface area (Å²) in [6, 6.07) is 11.1. The molecule has 22 heteroatoms. The fourth-order valence-electron chi connectivity index (χ4n) is 3.59. The number of hydrogen-bond donors (Lipinski definition) is 1. The van der Waals surface area contributed by atoms with Crippen molar-refractivity contribution in [1.82, 2.24) is 15.0 Å². The number of carbonyl (C=O) groups excluding carboxylic acids is 1. The SMILES string of the molecule is COc1cc([N+](=O)[O-])c(S(=O)(=O)[O-])cc1-[n+]1nc(C(=O)Nc2ccccc2)nn1-c1ccc([N+](=O)[O-])c(S(=O)(=O)[O-])c1.[Na+]. The zero-order chi connectivity index (χ0) is 31.0. The first-order chi connectivity index (χ1) is 19.6. The van der Waals surface area contributed by atoms with Crippen LogP contribution in [-0.4, -0.2) is 63.8 Å². The van der Waals surface area contributed by atoms with Gasteiger partial charge in [-0.15, -0.1) is 0 Å². The maximum absolute atomic E-state index is 13.0. The maximum Gasteiger partial charge on any atom is 1.00 e. The average Bonchev–Trinajstić information content (AvgIpc) is 3.37. The predicted molar refractivity (Wildman–Crippen MR) is 133 cm³/mol. The van der Waals surface area contributed by atoms with Crippen molar-refractivity contribution >= 4 is 43.2 Å². The van der Waals surface area contributed by atoms with Gasteiger partial charge >= 0.3 is 41.3 Å². The van der Waals surface area contributed by atoms with Gasteiger partial charge < -0.3 is 19.2 Å². The molecule has 0 saturated heterocycles. The number of aromatic nitrogens is 4. The van der Waals surface area contributed by atoms with Crippen molar-refractivity contribution in [3.05, 3.63) is 86.7 Å². The van der Waals surface area contributed by atoms with E-state index in [4.69, 9.17) is 4.74 Å². The second-order valence-corrected chi connectivity index (χ2v) is 10.7. The quantitative estimate of drug-likeness (QED) is 0.0646. The van der Waals surface area contributed by atoms with Crippen LogP contribution in [0.25, 0.3) is 11.4 Å². The standard InChI is InChI=1S/C21H15N7O12S2.Na/c1-40-17-10-16(28(32)33)19(42(37,38)39)11-15(17)26-24-20(21(29)22-12-5-3-2-4-6-12)23-25(26)13-7-8-14(27(30)31)18(9-13)41(34,35)36;/h2-11H,1H3,(H2-,22,29,34,35,36,37,38,39);/q;+1/p-1. The van der Waals surface area contributed by atoms with E-state index < -0.39 is 80.1 Å². The normalized spacial score (nSPS) is 11.3. The molecule has 0 aliphatic carbocycles. The first-order valence-electron chi connectivity index (χ1n) is 11.0. The number of ether oxygens (including phenoxy) is 1. The summed E-state index contributed by atoms with van der Waals surface area (Å²) >= 11 is 0. The molecule has 0 atom stereocenters. The number of nitrogens with zero attached hydrogens (tertiary/aromatic N) is 6. The predicted octanol–water partition coefficient (Wildman–Crippen LogP) is -2.57. The van der Waals surface area contributed by atoms with Gasteiger partial charge in [0.15, 0.2) is 5.75 Å². The van der Waals surface area contributed by atoms with Crippen LogP contribution in [0.5, 0.6) is 5.75 Å². The topological polar surface area (TPSA) is 274 Å². The van der Waals surface area contributed by atoms with Gasteiger partial charge in [0, 0.05) is 27.7 Å². The third-order valence-corrected chi connectivity index (χ3v) is 7.11. The van der Waals surface area contributed by atoms with Crippen LogP contribution in [0.1, 0.15) is 10.6 Å². The summed E-state index contributed by atoms with van der Waals surface area (Å²) in [6.45, 7) is 0. The van der Waals surface area contributed by atoms with E-state index in [-0.39, 0.29) is 35.2 Å². The Morgan fingerprint density at radius 1 is 0.907 bits per heavy atom. The molecule has 4 aromatic rings. The molecule has 0 radical (unpaired) electrons. The van der Waals surface area contributed by atoms with E-state index >= 15 is 0 Å². The molecule has 1 N–H and O–H groups in total. The summed E-state index contributed by atoms with van der Waals surface area (Å²) in [7, 11) is -9.93. The van der Waals surface area contributed by atoms with Gasteiger partial charge in [0.1, 0.15) is 35.7 Å². The molecule has 1 aromatic heterocycles. The maximum atomic E-state index is 13.0. The minimum atomic E-state index is -5.50. The van der Waals surface area contributed by atoms with Gasteiger partial charge in [-0.1, -0.05) is 18.2 Å². The van der Waals surface area contributed by atoms with Gasteiger partial charge in [0.25, 0.3) is 11.4 Å². The van der Waals surface area contributed by atoms with Crippen LogP contribution in [0.2, 0.25) is 0 Å². The number of benzene rings is 3. The molecule has 0 aliphatic rings. The van der Waals surface area contributed by atoms with Gasteiger partial charge in [-0.25, -0.2) is 16.8 Å². The fourth-order valence-corrected chi connectivity index (χ4v) is 4.90. The Morgan fingerprint density at radius 2 is 1.49 bits per heavy atom. The van der Waals surface area contributed by atoms with Crippen LogP contribution in [0, 0.1) is 20.2 Å². The van der Waals surface area contributed by atoms with Crippen LogP contribution >= 0.6 is 0 Å². The molecule has 218 valence electrons. The number of rotatable bonds is 9. The van der Waals surface area contributed by atoms with E-state index in [0.717, 1.165) is 13.2 Å². The van der Waals surface area contributed by atoms with Gasteiger partial charge in [-0.2, -0.15) is 0 Å². The molecule has 4 rings (SSSR count). The monoisotopic (exact) mass is 643 g/mol. The molecule has 1 heterocycles. The van der Waals surface area contributed by atoms with E-state index in [0.29, 0.717) is 33.9 Å². The van der Waals surface area contributed by atoms with Crippen molar-refractivity contribution in [3.63, 3.8) is 0 Å². The fraction of sp³-hybridized carbons (Fsp3) is 0.0476. The summed E-state index contributed by atoms with van der Waals surface area (Å²) < 4.78 is 76.2. The first kappa shape index (κ1) is 33.1. The number of methoxy groups -OCH3 is 1. The number of para-hydroxylation sites is 1. The van der Waals surface area contributed by atoms with Gasteiger partial charge in [0.05, 0.1) is 28.1 Å². The van der Waals surface area contributed by atoms with Gasteiger partial charge in [-0.05, 0) is 29.1 Å². The minimum absolute atomic E-state index is 0. The molecule has 1 amide bonds. The molecule has 3 aromatic carbocycles. The molecule has 0 aliphatic heterocycles. The van der Waals surface area contributed by atoms with E-state index in [9.17, 15) is 51.0 Å². The Bertz CT molecular complexity index is 1980.